The van der Waals surface area contributed by atoms with Crippen LogP contribution in [0.2, 0.25) is 0 Å². The third kappa shape index (κ3) is 5.55. The molecule has 210 valence electrons. The Bertz CT molecular complexity index is 1480. The van der Waals surface area contributed by atoms with Crippen LogP contribution in [0.25, 0.3) is 27.5 Å². The Labute approximate surface area is 237 Å². The zero-order valence-corrected chi connectivity index (χ0v) is 23.9. The van der Waals surface area contributed by atoms with Crippen LogP contribution in [0, 0.1) is 0 Å². The second-order valence-corrected chi connectivity index (χ2v) is 10.6. The first-order chi connectivity index (χ1) is 19.4. The lowest BCUT2D eigenvalue weighted by Crippen LogP contribution is -2.56. The molecule has 5 rings (SSSR count). The molecular formula is C28H34N8O3S. The molecule has 40 heavy (non-hydrogen) atoms. The van der Waals surface area contributed by atoms with Crippen molar-refractivity contribution < 1.29 is 14.4 Å². The number of carbonyl (C=O) groups excluding carboxylic acids is 2. The van der Waals surface area contributed by atoms with Gasteiger partial charge in [0.1, 0.15) is 11.9 Å². The summed E-state index contributed by atoms with van der Waals surface area (Å²) in [7, 11) is 1.41. The number of nitrogens with one attached hydrogen (secondary N) is 2. The zero-order chi connectivity index (χ0) is 28.2. The molecule has 1 fully saturated rings. The summed E-state index contributed by atoms with van der Waals surface area (Å²) in [5.74, 6) is 0.0833. The lowest BCUT2D eigenvalue weighted by molar-refractivity contribution is -0.134. The van der Waals surface area contributed by atoms with Crippen molar-refractivity contribution in [3.8, 4) is 21.8 Å². The Hall–Kier alpha value is -3.87. The van der Waals surface area contributed by atoms with Crippen LogP contribution in [-0.2, 0) is 9.63 Å². The molecule has 0 spiro atoms. The highest BCUT2D eigenvalue weighted by Crippen LogP contribution is 2.31. The highest BCUT2D eigenvalue weighted by molar-refractivity contribution is 7.13. The predicted octanol–water partition coefficient (Wildman–Crippen LogP) is 3.24. The van der Waals surface area contributed by atoms with Gasteiger partial charge >= 0.3 is 0 Å². The van der Waals surface area contributed by atoms with Crippen molar-refractivity contribution >= 4 is 34.6 Å². The molecule has 2 amide bonds. The van der Waals surface area contributed by atoms with E-state index in [2.05, 4.69) is 41.6 Å². The molecule has 1 unspecified atom stereocenters. The van der Waals surface area contributed by atoms with E-state index in [0.717, 1.165) is 23.7 Å². The maximum absolute atomic E-state index is 13.4. The number of hydrogen-bond acceptors (Lipinski definition) is 9. The lowest BCUT2D eigenvalue weighted by Gasteiger charge is -2.40. The molecule has 11 nitrogen and oxygen atoms in total. The SMILES string of the molecule is CCN(CC)C(C)CNC(=O)c1cc(-c2cnn3ccc(-c4cccs4)nc23)nc(N2CC[C@H]2C(=O)NOC)c1. The minimum atomic E-state index is -0.436. The third-order valence-electron chi connectivity index (χ3n) is 7.31. The summed E-state index contributed by atoms with van der Waals surface area (Å²) < 4.78 is 1.70. The Morgan fingerprint density at radius 1 is 1.20 bits per heavy atom. The van der Waals surface area contributed by atoms with Gasteiger partial charge in [-0.15, -0.1) is 11.3 Å². The molecule has 0 aliphatic carbocycles. The van der Waals surface area contributed by atoms with Gasteiger partial charge < -0.3 is 10.2 Å². The standard InChI is InChI=1S/C28H34N8O3S/c1-5-34(6-2)18(3)16-29-27(37)19-14-22(31-25(15-19)35-11-10-23(35)28(38)33-39-4)20-17-30-36-12-9-21(32-26(20)36)24-8-7-13-40-24/h7-9,12-15,17-18,23H,5-6,10-11,16H2,1-4H3,(H,29,37)(H,33,38)/t18?,23-/m0/s1. The summed E-state index contributed by atoms with van der Waals surface area (Å²) in [5.41, 5.74) is 5.59. The average molecular weight is 563 g/mol. The number of rotatable bonds is 11. The summed E-state index contributed by atoms with van der Waals surface area (Å²) >= 11 is 1.61. The van der Waals surface area contributed by atoms with Crippen LogP contribution in [-0.4, -0.2) is 81.7 Å². The maximum atomic E-state index is 13.4. The summed E-state index contributed by atoms with van der Waals surface area (Å²) in [6.07, 6.45) is 4.24. The van der Waals surface area contributed by atoms with Crippen LogP contribution >= 0.6 is 11.3 Å². The number of pyridine rings is 1. The molecular weight excluding hydrogens is 528 g/mol. The molecule has 2 atom stereocenters. The molecule has 0 saturated carbocycles. The molecule has 0 aromatic carbocycles. The van der Waals surface area contributed by atoms with Gasteiger partial charge in [-0.3, -0.25) is 19.3 Å². The number of fused-ring (bicyclic) bond motifs is 1. The number of amides is 2. The van der Waals surface area contributed by atoms with Crippen molar-refractivity contribution in [3.63, 3.8) is 0 Å². The van der Waals surface area contributed by atoms with Gasteiger partial charge in [0, 0.05) is 30.9 Å². The fourth-order valence-corrected chi connectivity index (χ4v) is 5.66. The molecule has 4 aromatic heterocycles. The minimum Gasteiger partial charge on any atom is -0.350 e. The normalized spacial score (nSPS) is 15.7. The quantitative estimate of drug-likeness (QED) is 0.268. The van der Waals surface area contributed by atoms with Crippen LogP contribution in [0.3, 0.4) is 0 Å². The first kappa shape index (κ1) is 27.7. The van der Waals surface area contributed by atoms with Crippen molar-refractivity contribution in [3.05, 3.63) is 53.7 Å². The monoisotopic (exact) mass is 562 g/mol. The maximum Gasteiger partial charge on any atom is 0.266 e. The number of aromatic nitrogens is 4. The number of carbonyl (C=O) groups is 2. The second kappa shape index (κ2) is 12.1. The Kier molecular flexibility index (Phi) is 8.38. The molecule has 1 saturated heterocycles. The van der Waals surface area contributed by atoms with Crippen molar-refractivity contribution in [2.75, 3.05) is 38.2 Å². The van der Waals surface area contributed by atoms with Crippen LogP contribution in [0.4, 0.5) is 5.82 Å². The topological polar surface area (TPSA) is 117 Å². The van der Waals surface area contributed by atoms with E-state index in [1.165, 1.54) is 7.11 Å². The number of likely N-dealkylation sites (N-methyl/N-ethyl adjacent to an activating group) is 1. The lowest BCUT2D eigenvalue weighted by atomic mass is 10.0. The van der Waals surface area contributed by atoms with Crippen LogP contribution in [0.1, 0.15) is 37.6 Å². The van der Waals surface area contributed by atoms with Crippen molar-refractivity contribution in [2.45, 2.75) is 39.3 Å². The van der Waals surface area contributed by atoms with Crippen LogP contribution in [0.5, 0.6) is 0 Å². The van der Waals surface area contributed by atoms with Crippen molar-refractivity contribution in [1.82, 2.24) is 35.3 Å². The van der Waals surface area contributed by atoms with Gasteiger partial charge in [0.25, 0.3) is 11.8 Å². The molecule has 1 aliphatic heterocycles. The van der Waals surface area contributed by atoms with E-state index in [1.807, 2.05) is 34.7 Å². The fourth-order valence-electron chi connectivity index (χ4n) is 4.96. The van der Waals surface area contributed by atoms with E-state index < -0.39 is 6.04 Å². The van der Waals surface area contributed by atoms with E-state index in [0.29, 0.717) is 47.8 Å². The van der Waals surface area contributed by atoms with Gasteiger partial charge in [-0.25, -0.2) is 20.0 Å². The number of thiophene rings is 1. The number of nitrogens with zero attached hydrogens (tertiary/aromatic N) is 6. The summed E-state index contributed by atoms with van der Waals surface area (Å²) in [5, 5.41) is 9.58. The highest BCUT2D eigenvalue weighted by Gasteiger charge is 2.36. The molecule has 2 N–H and O–H groups in total. The Morgan fingerprint density at radius 2 is 2.02 bits per heavy atom. The fraction of sp³-hybridized carbons (Fsp3) is 0.393. The van der Waals surface area contributed by atoms with Gasteiger partial charge in [0.2, 0.25) is 0 Å². The molecule has 4 aromatic rings. The van der Waals surface area contributed by atoms with Crippen molar-refractivity contribution in [1.29, 1.82) is 0 Å². The highest BCUT2D eigenvalue weighted by atomic mass is 32.1. The van der Waals surface area contributed by atoms with Gasteiger partial charge in [0.05, 0.1) is 35.1 Å². The van der Waals surface area contributed by atoms with Crippen molar-refractivity contribution in [2.24, 2.45) is 0 Å². The smallest absolute Gasteiger partial charge is 0.266 e. The second-order valence-electron chi connectivity index (χ2n) is 9.66. The molecule has 12 heteroatoms. The Balaban J connectivity index is 1.52. The third-order valence-corrected chi connectivity index (χ3v) is 8.20. The van der Waals surface area contributed by atoms with Gasteiger partial charge in [-0.05, 0) is 56.1 Å². The van der Waals surface area contributed by atoms with E-state index in [1.54, 1.807) is 34.2 Å². The first-order valence-electron chi connectivity index (χ1n) is 13.5. The molecule has 1 aliphatic rings. The number of anilines is 1. The average Bonchev–Trinajstić information content (AvgIpc) is 3.62. The van der Waals surface area contributed by atoms with Gasteiger partial charge in [-0.1, -0.05) is 19.9 Å². The molecule has 0 radical (unpaired) electrons. The first-order valence-corrected chi connectivity index (χ1v) is 14.3. The van der Waals surface area contributed by atoms with Crippen LogP contribution in [0.15, 0.2) is 48.1 Å². The van der Waals surface area contributed by atoms with E-state index in [9.17, 15) is 9.59 Å². The predicted molar refractivity (Wildman–Crippen MR) is 155 cm³/mol. The summed E-state index contributed by atoms with van der Waals surface area (Å²) in [6, 6.07) is 9.20. The molecule has 5 heterocycles. The largest absolute Gasteiger partial charge is 0.350 e. The summed E-state index contributed by atoms with van der Waals surface area (Å²) in [6.45, 7) is 9.29. The van der Waals surface area contributed by atoms with E-state index >= 15 is 0 Å². The van der Waals surface area contributed by atoms with Gasteiger partial charge in [-0.2, -0.15) is 5.10 Å². The minimum absolute atomic E-state index is 0.191. The number of hydrogen-bond donors (Lipinski definition) is 2. The Morgan fingerprint density at radius 3 is 2.70 bits per heavy atom. The van der Waals surface area contributed by atoms with E-state index in [4.69, 9.17) is 14.8 Å². The zero-order valence-electron chi connectivity index (χ0n) is 23.1. The van der Waals surface area contributed by atoms with E-state index in [-0.39, 0.29) is 17.9 Å². The van der Waals surface area contributed by atoms with Gasteiger partial charge in [0.15, 0.2) is 5.65 Å². The summed E-state index contributed by atoms with van der Waals surface area (Å²) in [4.78, 5) is 45.8. The van der Waals surface area contributed by atoms with Crippen LogP contribution < -0.4 is 15.7 Å². The molecule has 0 bridgehead atoms. The number of hydroxylamine groups is 1.